The summed E-state index contributed by atoms with van der Waals surface area (Å²) in [6, 6.07) is 0. The molecule has 1 rings (SSSR count). The minimum absolute atomic E-state index is 0.181. The maximum Gasteiger partial charge on any atom is 0.159 e. The van der Waals surface area contributed by atoms with Crippen LogP contribution in [0.1, 0.15) is 53.9 Å². The number of rotatable bonds is 2. The van der Waals surface area contributed by atoms with Crippen LogP contribution in [0.5, 0.6) is 0 Å². The summed E-state index contributed by atoms with van der Waals surface area (Å²) in [5.74, 6) is 1.10. The number of allylic oxidation sites excluding steroid dienone is 2. The topological polar surface area (TPSA) is 17.1 Å². The van der Waals surface area contributed by atoms with Crippen molar-refractivity contribution in [3.8, 4) is 0 Å². The maximum absolute atomic E-state index is 12.2. The van der Waals surface area contributed by atoms with E-state index in [2.05, 4.69) is 20.8 Å². The Morgan fingerprint density at radius 1 is 1.33 bits per heavy atom. The molecule has 86 valence electrons. The van der Waals surface area contributed by atoms with Gasteiger partial charge in [-0.15, -0.1) is 0 Å². The molecule has 0 N–H and O–H groups in total. The van der Waals surface area contributed by atoms with Crippen LogP contribution in [0.3, 0.4) is 0 Å². The summed E-state index contributed by atoms with van der Waals surface area (Å²) in [5.41, 5.74) is 1.30. The minimum atomic E-state index is 0.181. The Labute approximate surface area is 93.9 Å². The molecule has 2 unspecified atom stereocenters. The Bertz CT molecular complexity index is 269. The number of hydrogen-bond donors (Lipinski definition) is 0. The van der Waals surface area contributed by atoms with Crippen molar-refractivity contribution in [2.24, 2.45) is 17.3 Å². The molecule has 0 aromatic heterocycles. The molecule has 1 saturated carbocycles. The third kappa shape index (κ3) is 2.93. The van der Waals surface area contributed by atoms with Crippen molar-refractivity contribution in [1.29, 1.82) is 0 Å². The molecule has 0 radical (unpaired) electrons. The minimum Gasteiger partial charge on any atom is -0.295 e. The van der Waals surface area contributed by atoms with Crippen LogP contribution in [-0.2, 0) is 4.79 Å². The lowest BCUT2D eigenvalue weighted by Gasteiger charge is -2.41. The molecule has 0 aliphatic heterocycles. The molecule has 1 aliphatic carbocycles. The van der Waals surface area contributed by atoms with Crippen LogP contribution in [-0.4, -0.2) is 5.78 Å². The Hall–Kier alpha value is -0.590. The van der Waals surface area contributed by atoms with Gasteiger partial charge in [0, 0.05) is 5.92 Å². The molecule has 1 heteroatoms. The largest absolute Gasteiger partial charge is 0.295 e. The first-order chi connectivity index (χ1) is 6.84. The Balaban J connectivity index is 2.88. The van der Waals surface area contributed by atoms with Crippen molar-refractivity contribution in [2.75, 3.05) is 0 Å². The van der Waals surface area contributed by atoms with Crippen LogP contribution in [0.15, 0.2) is 11.6 Å². The summed E-state index contributed by atoms with van der Waals surface area (Å²) < 4.78 is 0. The lowest BCUT2D eigenvalue weighted by molar-refractivity contribution is -0.125. The van der Waals surface area contributed by atoms with Crippen molar-refractivity contribution >= 4 is 5.78 Å². The number of carbonyl (C=O) groups is 1. The molecule has 0 aromatic rings. The summed E-state index contributed by atoms with van der Waals surface area (Å²) in [6.45, 7) is 10.7. The standard InChI is InChI=1S/C14H24O/c1-10(2)9-12(15)13-11(3)7-6-8-14(13,4)5/h9,11,13H,6-8H2,1-5H3. The molecule has 1 nitrogen and oxygen atoms in total. The van der Waals surface area contributed by atoms with E-state index in [1.54, 1.807) is 0 Å². The molecule has 1 aliphatic rings. The second-order valence-electron chi connectivity index (χ2n) is 5.96. The van der Waals surface area contributed by atoms with E-state index in [0.717, 1.165) is 5.57 Å². The van der Waals surface area contributed by atoms with Gasteiger partial charge >= 0.3 is 0 Å². The fraction of sp³-hybridized carbons (Fsp3) is 0.786. The molecule has 1 fully saturated rings. The van der Waals surface area contributed by atoms with Crippen LogP contribution in [0.2, 0.25) is 0 Å². The monoisotopic (exact) mass is 208 g/mol. The van der Waals surface area contributed by atoms with E-state index in [9.17, 15) is 4.79 Å². The summed E-state index contributed by atoms with van der Waals surface area (Å²) in [6.07, 6.45) is 5.49. The average Bonchev–Trinajstić information content (AvgIpc) is 1.99. The van der Waals surface area contributed by atoms with Gasteiger partial charge in [-0.25, -0.2) is 0 Å². The van der Waals surface area contributed by atoms with Crippen molar-refractivity contribution < 1.29 is 4.79 Å². The molecule has 0 saturated heterocycles. The molecule has 0 aromatic carbocycles. The molecular weight excluding hydrogens is 184 g/mol. The lowest BCUT2D eigenvalue weighted by atomic mass is 9.62. The predicted molar refractivity (Wildman–Crippen MR) is 64.7 cm³/mol. The van der Waals surface area contributed by atoms with Crippen LogP contribution >= 0.6 is 0 Å². The van der Waals surface area contributed by atoms with Gasteiger partial charge < -0.3 is 0 Å². The summed E-state index contributed by atoms with van der Waals surface area (Å²) in [4.78, 5) is 12.2. The van der Waals surface area contributed by atoms with Gasteiger partial charge in [0.25, 0.3) is 0 Å². The highest BCUT2D eigenvalue weighted by atomic mass is 16.1. The fourth-order valence-electron chi connectivity index (χ4n) is 3.01. The van der Waals surface area contributed by atoms with E-state index in [-0.39, 0.29) is 11.3 Å². The van der Waals surface area contributed by atoms with Crippen molar-refractivity contribution in [3.63, 3.8) is 0 Å². The predicted octanol–water partition coefficient (Wildman–Crippen LogP) is 3.98. The van der Waals surface area contributed by atoms with Crippen LogP contribution in [0, 0.1) is 17.3 Å². The molecule has 15 heavy (non-hydrogen) atoms. The van der Waals surface area contributed by atoms with E-state index in [0.29, 0.717) is 11.7 Å². The van der Waals surface area contributed by atoms with Crippen LogP contribution in [0.25, 0.3) is 0 Å². The van der Waals surface area contributed by atoms with E-state index in [1.165, 1.54) is 19.3 Å². The van der Waals surface area contributed by atoms with Gasteiger partial charge in [-0.05, 0) is 44.1 Å². The molecule has 0 heterocycles. The first-order valence-corrected chi connectivity index (χ1v) is 6.03. The van der Waals surface area contributed by atoms with Crippen molar-refractivity contribution in [2.45, 2.75) is 53.9 Å². The van der Waals surface area contributed by atoms with Gasteiger partial charge in [-0.2, -0.15) is 0 Å². The zero-order valence-electron chi connectivity index (χ0n) is 10.8. The van der Waals surface area contributed by atoms with E-state index < -0.39 is 0 Å². The number of hydrogen-bond acceptors (Lipinski definition) is 1. The van der Waals surface area contributed by atoms with Crippen molar-refractivity contribution in [1.82, 2.24) is 0 Å². The first kappa shape index (κ1) is 12.5. The van der Waals surface area contributed by atoms with Crippen LogP contribution < -0.4 is 0 Å². The first-order valence-electron chi connectivity index (χ1n) is 6.03. The second-order valence-corrected chi connectivity index (χ2v) is 5.96. The smallest absolute Gasteiger partial charge is 0.159 e. The quantitative estimate of drug-likeness (QED) is 0.627. The fourth-order valence-corrected chi connectivity index (χ4v) is 3.01. The molecule has 0 spiro atoms. The number of carbonyl (C=O) groups excluding carboxylic acids is 1. The normalized spacial score (nSPS) is 29.7. The van der Waals surface area contributed by atoms with Gasteiger partial charge in [0.05, 0.1) is 0 Å². The molecule has 0 bridgehead atoms. The van der Waals surface area contributed by atoms with Crippen molar-refractivity contribution in [3.05, 3.63) is 11.6 Å². The van der Waals surface area contributed by atoms with Gasteiger partial charge in [-0.3, -0.25) is 4.79 Å². The third-order valence-electron chi connectivity index (χ3n) is 3.63. The zero-order valence-corrected chi connectivity index (χ0v) is 10.8. The van der Waals surface area contributed by atoms with Gasteiger partial charge in [-0.1, -0.05) is 32.8 Å². The summed E-state index contributed by atoms with van der Waals surface area (Å²) in [7, 11) is 0. The van der Waals surface area contributed by atoms with Gasteiger partial charge in [0.1, 0.15) is 0 Å². The Morgan fingerprint density at radius 2 is 1.93 bits per heavy atom. The van der Waals surface area contributed by atoms with Crippen LogP contribution in [0.4, 0.5) is 0 Å². The second kappa shape index (κ2) is 4.51. The highest BCUT2D eigenvalue weighted by Gasteiger charge is 2.40. The van der Waals surface area contributed by atoms with Gasteiger partial charge in [0.15, 0.2) is 5.78 Å². The Morgan fingerprint density at radius 3 is 2.40 bits per heavy atom. The average molecular weight is 208 g/mol. The SMILES string of the molecule is CC(C)=CC(=O)C1C(C)CCCC1(C)C. The summed E-state index contributed by atoms with van der Waals surface area (Å²) in [5, 5.41) is 0. The van der Waals surface area contributed by atoms with Gasteiger partial charge in [0.2, 0.25) is 0 Å². The third-order valence-corrected chi connectivity index (χ3v) is 3.63. The zero-order chi connectivity index (χ0) is 11.6. The molecular formula is C14H24O. The maximum atomic E-state index is 12.2. The van der Waals surface area contributed by atoms with E-state index in [1.807, 2.05) is 19.9 Å². The molecule has 2 atom stereocenters. The Kier molecular flexibility index (Phi) is 3.75. The van der Waals surface area contributed by atoms with E-state index in [4.69, 9.17) is 0 Å². The highest BCUT2D eigenvalue weighted by molar-refractivity contribution is 5.93. The molecule has 0 amide bonds. The summed E-state index contributed by atoms with van der Waals surface area (Å²) >= 11 is 0. The number of ketones is 1. The lowest BCUT2D eigenvalue weighted by Crippen LogP contribution is -2.38. The van der Waals surface area contributed by atoms with E-state index >= 15 is 0 Å². The highest BCUT2D eigenvalue weighted by Crippen LogP contribution is 2.44.